The molecule has 0 saturated carbocycles. The summed E-state index contributed by atoms with van der Waals surface area (Å²) in [5.41, 5.74) is 0.343. The van der Waals surface area contributed by atoms with Crippen LogP contribution < -0.4 is 0 Å². The molecular weight excluding hydrogens is 374 g/mol. The van der Waals surface area contributed by atoms with E-state index in [4.69, 9.17) is 14.6 Å². The molecule has 0 spiro atoms. The first-order chi connectivity index (χ1) is 13.7. The number of carbonyl (C=O) groups is 3. The van der Waals surface area contributed by atoms with Gasteiger partial charge >= 0.3 is 12.1 Å². The number of cyclic esters (lactones) is 1. The Morgan fingerprint density at radius 2 is 1.93 bits per heavy atom. The molecule has 2 rings (SSSR count). The van der Waals surface area contributed by atoms with Crippen LogP contribution in [-0.2, 0) is 25.5 Å². The third kappa shape index (κ3) is 7.16. The fourth-order valence-corrected chi connectivity index (χ4v) is 3.36. The summed E-state index contributed by atoms with van der Waals surface area (Å²) in [5.74, 6) is -1.59. The molecule has 160 valence electrons. The van der Waals surface area contributed by atoms with E-state index in [2.05, 4.69) is 0 Å². The van der Waals surface area contributed by atoms with Gasteiger partial charge in [-0.3, -0.25) is 9.59 Å². The first-order valence-electron chi connectivity index (χ1n) is 10.1. The molecule has 1 N–H and O–H groups in total. The minimum atomic E-state index is -0.694. The lowest BCUT2D eigenvalue weighted by molar-refractivity contribution is -0.158. The normalized spacial score (nSPS) is 17.7. The van der Waals surface area contributed by atoms with Crippen molar-refractivity contribution in [3.8, 4) is 0 Å². The summed E-state index contributed by atoms with van der Waals surface area (Å²) in [6.45, 7) is 5.44. The van der Waals surface area contributed by atoms with Crippen LogP contribution in [0, 0.1) is 5.92 Å². The highest BCUT2D eigenvalue weighted by Crippen LogP contribution is 2.25. The van der Waals surface area contributed by atoms with E-state index < -0.39 is 35.5 Å². The predicted octanol–water partition coefficient (Wildman–Crippen LogP) is 3.09. The molecular formula is C22H31NO6. The van der Waals surface area contributed by atoms with Crippen LogP contribution in [0.25, 0.3) is 0 Å². The van der Waals surface area contributed by atoms with Gasteiger partial charge in [0.05, 0.1) is 12.5 Å². The predicted molar refractivity (Wildman–Crippen MR) is 107 cm³/mol. The van der Waals surface area contributed by atoms with E-state index >= 15 is 0 Å². The molecule has 0 unspecified atom stereocenters. The molecule has 7 nitrogen and oxygen atoms in total. The maximum Gasteiger partial charge on any atom is 0.416 e. The molecule has 0 radical (unpaired) electrons. The second kappa shape index (κ2) is 10.4. The zero-order valence-electron chi connectivity index (χ0n) is 17.4. The zero-order valence-corrected chi connectivity index (χ0v) is 17.4. The number of carbonyl (C=O) groups excluding carboxylic acids is 3. The average molecular weight is 405 g/mol. The Hall–Kier alpha value is -2.41. The summed E-state index contributed by atoms with van der Waals surface area (Å²) in [4.78, 5) is 39.0. The lowest BCUT2D eigenvalue weighted by Gasteiger charge is -2.26. The molecule has 1 saturated heterocycles. The number of esters is 1. The number of aliphatic hydroxyl groups excluding tert-OH is 1. The van der Waals surface area contributed by atoms with Crippen molar-refractivity contribution in [2.45, 2.75) is 64.5 Å². The topological polar surface area (TPSA) is 93.1 Å². The minimum Gasteiger partial charge on any atom is -0.460 e. The Bertz CT molecular complexity index is 697. The minimum absolute atomic E-state index is 0.00966. The molecule has 7 heteroatoms. The summed E-state index contributed by atoms with van der Waals surface area (Å²) in [5, 5.41) is 9.05. The van der Waals surface area contributed by atoms with Crippen molar-refractivity contribution in [3.63, 3.8) is 0 Å². The standard InChI is InChI=1S/C22H31NO6/c1-22(2,3)29-19(25)14-17(11-7-8-12-24)20(26)23-18(15-28-21(23)27)13-16-9-5-4-6-10-16/h4-6,9-10,17-18,24H,7-8,11-15H2,1-3H3/t17-,18+/m1/s1. The molecule has 1 aliphatic heterocycles. The van der Waals surface area contributed by atoms with E-state index in [1.165, 1.54) is 0 Å². The smallest absolute Gasteiger partial charge is 0.416 e. The molecule has 1 aliphatic rings. The van der Waals surface area contributed by atoms with Gasteiger partial charge in [-0.25, -0.2) is 9.69 Å². The van der Waals surface area contributed by atoms with Crippen molar-refractivity contribution in [3.05, 3.63) is 35.9 Å². The fourth-order valence-electron chi connectivity index (χ4n) is 3.36. The second-order valence-electron chi connectivity index (χ2n) is 8.34. The van der Waals surface area contributed by atoms with Crippen molar-refractivity contribution in [1.29, 1.82) is 0 Å². The lowest BCUT2D eigenvalue weighted by atomic mass is 9.95. The van der Waals surface area contributed by atoms with E-state index in [0.717, 1.165) is 10.5 Å². The summed E-state index contributed by atoms with van der Waals surface area (Å²) in [6, 6.07) is 9.17. The van der Waals surface area contributed by atoms with Crippen LogP contribution in [0.1, 0.15) is 52.0 Å². The number of ether oxygens (including phenoxy) is 2. The number of nitrogens with zero attached hydrogens (tertiary/aromatic N) is 1. The van der Waals surface area contributed by atoms with Gasteiger partial charge in [-0.15, -0.1) is 0 Å². The van der Waals surface area contributed by atoms with E-state index in [-0.39, 0.29) is 19.6 Å². The van der Waals surface area contributed by atoms with Gasteiger partial charge in [0, 0.05) is 12.5 Å². The summed E-state index contributed by atoms with van der Waals surface area (Å²) < 4.78 is 10.5. The van der Waals surface area contributed by atoms with Crippen LogP contribution in [-0.4, -0.2) is 52.8 Å². The van der Waals surface area contributed by atoms with Gasteiger partial charge in [-0.05, 0) is 45.6 Å². The molecule has 0 bridgehead atoms. The quantitative estimate of drug-likeness (QED) is 0.501. The van der Waals surface area contributed by atoms with E-state index in [9.17, 15) is 14.4 Å². The van der Waals surface area contributed by atoms with Gasteiger partial charge in [-0.2, -0.15) is 0 Å². The third-order valence-corrected chi connectivity index (χ3v) is 4.66. The van der Waals surface area contributed by atoms with Gasteiger partial charge < -0.3 is 14.6 Å². The highest BCUT2D eigenvalue weighted by Gasteiger charge is 2.41. The zero-order chi connectivity index (χ0) is 21.4. The molecule has 1 fully saturated rings. The first-order valence-corrected chi connectivity index (χ1v) is 10.1. The van der Waals surface area contributed by atoms with Crippen molar-refractivity contribution in [2.24, 2.45) is 5.92 Å². The van der Waals surface area contributed by atoms with Gasteiger partial charge in [-0.1, -0.05) is 36.8 Å². The number of unbranched alkanes of at least 4 members (excludes halogenated alkanes) is 1. The number of benzene rings is 1. The highest BCUT2D eigenvalue weighted by molar-refractivity contribution is 5.96. The van der Waals surface area contributed by atoms with Gasteiger partial charge in [0.2, 0.25) is 5.91 Å². The Morgan fingerprint density at radius 3 is 2.55 bits per heavy atom. The number of imide groups is 1. The van der Waals surface area contributed by atoms with Crippen LogP contribution in [0.15, 0.2) is 30.3 Å². The number of hydrogen-bond acceptors (Lipinski definition) is 6. The Balaban J connectivity index is 2.13. The Morgan fingerprint density at radius 1 is 1.24 bits per heavy atom. The monoisotopic (exact) mass is 405 g/mol. The van der Waals surface area contributed by atoms with Crippen LogP contribution in [0.4, 0.5) is 4.79 Å². The average Bonchev–Trinajstić information content (AvgIpc) is 3.00. The summed E-state index contributed by atoms with van der Waals surface area (Å²) >= 11 is 0. The number of rotatable bonds is 9. The van der Waals surface area contributed by atoms with Crippen molar-refractivity contribution >= 4 is 18.0 Å². The summed E-state index contributed by atoms with van der Waals surface area (Å²) in [6.07, 6.45) is 1.20. The van der Waals surface area contributed by atoms with Crippen LogP contribution in [0.3, 0.4) is 0 Å². The van der Waals surface area contributed by atoms with Crippen molar-refractivity contribution < 1.29 is 29.0 Å². The highest BCUT2D eigenvalue weighted by atomic mass is 16.6. The molecule has 2 amide bonds. The fraction of sp³-hybridized carbons (Fsp3) is 0.591. The molecule has 1 aromatic carbocycles. The third-order valence-electron chi connectivity index (χ3n) is 4.66. The maximum atomic E-state index is 13.2. The molecule has 0 aliphatic carbocycles. The largest absolute Gasteiger partial charge is 0.460 e. The summed E-state index contributed by atoms with van der Waals surface area (Å²) in [7, 11) is 0. The lowest BCUT2D eigenvalue weighted by Crippen LogP contribution is -2.44. The molecule has 29 heavy (non-hydrogen) atoms. The van der Waals surface area contributed by atoms with Crippen LogP contribution in [0.2, 0.25) is 0 Å². The number of amides is 2. The van der Waals surface area contributed by atoms with E-state index in [1.54, 1.807) is 20.8 Å². The van der Waals surface area contributed by atoms with E-state index in [0.29, 0.717) is 25.7 Å². The Kier molecular flexibility index (Phi) is 8.20. The Labute approximate surface area is 172 Å². The van der Waals surface area contributed by atoms with Crippen molar-refractivity contribution in [1.82, 2.24) is 4.90 Å². The maximum absolute atomic E-state index is 13.2. The first kappa shape index (κ1) is 22.9. The van der Waals surface area contributed by atoms with Crippen molar-refractivity contribution in [2.75, 3.05) is 13.2 Å². The molecule has 1 heterocycles. The van der Waals surface area contributed by atoms with Gasteiger partial charge in [0.1, 0.15) is 12.2 Å². The van der Waals surface area contributed by atoms with E-state index in [1.807, 2.05) is 30.3 Å². The SMILES string of the molecule is CC(C)(C)OC(=O)C[C@@H](CCCCO)C(=O)N1C(=O)OC[C@@H]1Cc1ccccc1. The van der Waals surface area contributed by atoms with Gasteiger partial charge in [0.25, 0.3) is 0 Å². The van der Waals surface area contributed by atoms with Crippen LogP contribution in [0.5, 0.6) is 0 Å². The molecule has 1 aromatic rings. The number of hydrogen-bond donors (Lipinski definition) is 1. The molecule has 0 aromatic heterocycles. The number of aliphatic hydroxyl groups is 1. The van der Waals surface area contributed by atoms with Crippen LogP contribution >= 0.6 is 0 Å². The second-order valence-corrected chi connectivity index (χ2v) is 8.34. The van der Waals surface area contributed by atoms with Gasteiger partial charge in [0.15, 0.2) is 0 Å². The molecule has 2 atom stereocenters.